The van der Waals surface area contributed by atoms with E-state index in [1.165, 1.54) is 0 Å². The first kappa shape index (κ1) is 7.53. The van der Waals surface area contributed by atoms with Crippen LogP contribution in [0.15, 0.2) is 35.6 Å². The summed E-state index contributed by atoms with van der Waals surface area (Å²) in [4.78, 5) is 0.218. The lowest BCUT2D eigenvalue weighted by Crippen LogP contribution is -1.99. The van der Waals surface area contributed by atoms with Gasteiger partial charge in [-0.3, -0.25) is 0 Å². The lowest BCUT2D eigenvalue weighted by molar-refractivity contribution is -0.570. The Morgan fingerprint density at radius 1 is 1.36 bits per heavy atom. The van der Waals surface area contributed by atoms with Crippen LogP contribution in [0.4, 0.5) is 0 Å². The number of hydroxylamine groups is 1. The highest BCUT2D eigenvalue weighted by molar-refractivity contribution is 5.13. The van der Waals surface area contributed by atoms with E-state index < -0.39 is 0 Å². The summed E-state index contributed by atoms with van der Waals surface area (Å²) >= 11 is 0. The van der Waals surface area contributed by atoms with Crippen molar-refractivity contribution < 1.29 is 10.1 Å². The van der Waals surface area contributed by atoms with Gasteiger partial charge in [-0.1, -0.05) is 35.2 Å². The summed E-state index contributed by atoms with van der Waals surface area (Å²) in [7, 11) is 0. The van der Waals surface area contributed by atoms with Crippen molar-refractivity contribution in [2.45, 2.75) is 6.54 Å². The Bertz CT molecular complexity index is 246. The van der Waals surface area contributed by atoms with Crippen LogP contribution < -0.4 is 0 Å². The Labute approximate surface area is 63.9 Å². The fraction of sp³-hybridized carbons (Fsp3) is 0.143. The van der Waals surface area contributed by atoms with Gasteiger partial charge in [0.25, 0.3) is 0 Å². The van der Waals surface area contributed by atoms with Gasteiger partial charge in [-0.25, -0.2) is 0 Å². The van der Waals surface area contributed by atoms with E-state index in [4.69, 9.17) is 5.21 Å². The summed E-state index contributed by atoms with van der Waals surface area (Å²) in [5.74, 6) is 0. The van der Waals surface area contributed by atoms with Crippen LogP contribution in [0, 0.1) is 5.21 Å². The maximum atomic E-state index is 10.5. The highest BCUT2D eigenvalue weighted by Crippen LogP contribution is 1.99. The van der Waals surface area contributed by atoms with E-state index in [-0.39, 0.29) is 11.4 Å². The molecule has 0 fully saturated rings. The normalized spacial score (nSPS) is 11.5. The molecule has 0 heterocycles. The van der Waals surface area contributed by atoms with E-state index in [1.54, 1.807) is 12.1 Å². The molecular formula is C7H8N2O2. The summed E-state index contributed by atoms with van der Waals surface area (Å²) in [6, 6.07) is 9.07. The van der Waals surface area contributed by atoms with Gasteiger partial charge >= 0.3 is 0 Å². The molecular weight excluding hydrogens is 144 g/mol. The van der Waals surface area contributed by atoms with Gasteiger partial charge in [-0.2, -0.15) is 0 Å². The highest BCUT2D eigenvalue weighted by atomic mass is 16.6. The molecule has 0 bridgehead atoms. The highest BCUT2D eigenvalue weighted by Gasteiger charge is 1.96. The zero-order chi connectivity index (χ0) is 8.10. The third kappa shape index (κ3) is 2.25. The van der Waals surface area contributed by atoms with Gasteiger partial charge in [0.15, 0.2) is 5.28 Å². The maximum Gasteiger partial charge on any atom is 0.209 e. The number of rotatable bonds is 2. The topological polar surface area (TPSA) is 58.7 Å². The van der Waals surface area contributed by atoms with Crippen LogP contribution in [0.25, 0.3) is 0 Å². The Morgan fingerprint density at radius 2 is 2.00 bits per heavy atom. The minimum Gasteiger partial charge on any atom is -0.597 e. The average Bonchev–Trinajstić information content (AvgIpc) is 2.06. The van der Waals surface area contributed by atoms with Gasteiger partial charge < -0.3 is 10.4 Å². The first-order valence-electron chi connectivity index (χ1n) is 3.16. The maximum absolute atomic E-state index is 10.5. The first-order chi connectivity index (χ1) is 5.33. The molecule has 0 saturated heterocycles. The molecule has 0 aliphatic heterocycles. The molecule has 1 aromatic carbocycles. The fourth-order valence-electron chi connectivity index (χ4n) is 0.771. The minimum absolute atomic E-state index is 0.0807. The summed E-state index contributed by atoms with van der Waals surface area (Å²) < 4.78 is 0. The molecule has 0 radical (unpaired) electrons. The predicted molar refractivity (Wildman–Crippen MR) is 38.0 cm³/mol. The fourth-order valence-corrected chi connectivity index (χ4v) is 0.771. The molecule has 0 amide bonds. The quantitative estimate of drug-likeness (QED) is 0.397. The summed E-state index contributed by atoms with van der Waals surface area (Å²) in [6.07, 6.45) is 0. The zero-order valence-electron chi connectivity index (χ0n) is 5.84. The van der Waals surface area contributed by atoms with Crippen molar-refractivity contribution in [3.05, 3.63) is 41.1 Å². The van der Waals surface area contributed by atoms with Gasteiger partial charge in [-0.15, -0.1) is 0 Å². The van der Waals surface area contributed by atoms with Crippen molar-refractivity contribution in [1.82, 2.24) is 0 Å². The van der Waals surface area contributed by atoms with E-state index in [1.807, 2.05) is 18.2 Å². The molecule has 0 aliphatic carbocycles. The Balaban J connectivity index is 2.65. The van der Waals surface area contributed by atoms with Crippen LogP contribution in [-0.4, -0.2) is 10.1 Å². The monoisotopic (exact) mass is 152 g/mol. The second-order valence-corrected chi connectivity index (χ2v) is 2.09. The van der Waals surface area contributed by atoms with Crippen LogP contribution in [0.3, 0.4) is 0 Å². The SMILES string of the molecule is [O-][N+](Cc1ccccc1)=NO. The van der Waals surface area contributed by atoms with Gasteiger partial charge in [0.1, 0.15) is 0 Å². The van der Waals surface area contributed by atoms with Gasteiger partial charge in [0, 0.05) is 5.56 Å². The molecule has 4 nitrogen and oxygen atoms in total. The molecule has 0 aliphatic rings. The molecule has 0 unspecified atom stereocenters. The Morgan fingerprint density at radius 3 is 2.55 bits per heavy atom. The second kappa shape index (κ2) is 3.55. The molecule has 4 heteroatoms. The largest absolute Gasteiger partial charge is 0.597 e. The van der Waals surface area contributed by atoms with E-state index >= 15 is 0 Å². The molecule has 0 aromatic heterocycles. The lowest BCUT2D eigenvalue weighted by Gasteiger charge is -1.96. The molecule has 0 atom stereocenters. The molecule has 1 N–H and O–H groups in total. The Kier molecular flexibility index (Phi) is 2.43. The van der Waals surface area contributed by atoms with Crippen LogP contribution >= 0.6 is 0 Å². The third-order valence-electron chi connectivity index (χ3n) is 1.26. The average molecular weight is 152 g/mol. The van der Waals surface area contributed by atoms with Crippen molar-refractivity contribution in [3.8, 4) is 0 Å². The predicted octanol–water partition coefficient (Wildman–Crippen LogP) is 1.54. The van der Waals surface area contributed by atoms with E-state index in [2.05, 4.69) is 5.28 Å². The van der Waals surface area contributed by atoms with Gasteiger partial charge in [-0.05, 0) is 0 Å². The van der Waals surface area contributed by atoms with Crippen LogP contribution in [-0.2, 0) is 6.54 Å². The van der Waals surface area contributed by atoms with Crippen LogP contribution in [0.2, 0.25) is 0 Å². The summed E-state index contributed by atoms with van der Waals surface area (Å²) in [5, 5.41) is 21.0. The number of nitrogens with zero attached hydrogens (tertiary/aromatic N) is 2. The van der Waals surface area contributed by atoms with E-state index in [0.29, 0.717) is 0 Å². The van der Waals surface area contributed by atoms with Crippen molar-refractivity contribution in [2.24, 2.45) is 5.28 Å². The molecule has 1 rings (SSSR count). The number of benzene rings is 1. The van der Waals surface area contributed by atoms with Crippen LogP contribution in [0.5, 0.6) is 0 Å². The van der Waals surface area contributed by atoms with Gasteiger partial charge in [0.05, 0.1) is 0 Å². The molecule has 0 saturated carbocycles. The van der Waals surface area contributed by atoms with E-state index in [0.717, 1.165) is 5.56 Å². The van der Waals surface area contributed by atoms with Crippen molar-refractivity contribution in [3.63, 3.8) is 0 Å². The minimum atomic E-state index is 0.0807. The standard InChI is InChI=1S/C7H8N2O2/c10-8-9(11)6-7-4-2-1-3-5-7/h1-5,10H,6H2. The molecule has 11 heavy (non-hydrogen) atoms. The smallest absolute Gasteiger partial charge is 0.209 e. The first-order valence-corrected chi connectivity index (χ1v) is 3.16. The summed E-state index contributed by atoms with van der Waals surface area (Å²) in [5.41, 5.74) is 0.820. The van der Waals surface area contributed by atoms with Crippen molar-refractivity contribution in [1.29, 1.82) is 0 Å². The molecule has 0 spiro atoms. The number of hydrogen-bond acceptors (Lipinski definition) is 2. The third-order valence-corrected chi connectivity index (χ3v) is 1.26. The van der Waals surface area contributed by atoms with Gasteiger partial charge in [0.2, 0.25) is 6.54 Å². The van der Waals surface area contributed by atoms with Crippen LogP contribution in [0.1, 0.15) is 5.56 Å². The van der Waals surface area contributed by atoms with Crippen molar-refractivity contribution >= 4 is 0 Å². The lowest BCUT2D eigenvalue weighted by atomic mass is 10.2. The molecule has 1 aromatic rings. The Hall–Kier alpha value is -1.58. The second-order valence-electron chi connectivity index (χ2n) is 2.09. The van der Waals surface area contributed by atoms with E-state index in [9.17, 15) is 5.21 Å². The zero-order valence-corrected chi connectivity index (χ0v) is 5.84. The summed E-state index contributed by atoms with van der Waals surface area (Å²) in [6.45, 7) is 0.0807. The molecule has 58 valence electrons. The number of hydrogen-bond donors (Lipinski definition) is 1. The van der Waals surface area contributed by atoms with Crippen molar-refractivity contribution in [2.75, 3.05) is 0 Å².